The summed E-state index contributed by atoms with van der Waals surface area (Å²) in [6, 6.07) is 0. The van der Waals surface area contributed by atoms with E-state index >= 15 is 0 Å². The van der Waals surface area contributed by atoms with E-state index in [0.717, 1.165) is 25.7 Å². The lowest BCUT2D eigenvalue weighted by Crippen LogP contribution is -1.80. The Labute approximate surface area is 101 Å². The Balaban J connectivity index is 3.73. The van der Waals surface area contributed by atoms with Gasteiger partial charge in [-0.25, -0.2) is 0 Å². The van der Waals surface area contributed by atoms with Gasteiger partial charge in [0.05, 0.1) is 0 Å². The van der Waals surface area contributed by atoms with Gasteiger partial charge in [0, 0.05) is 0 Å². The van der Waals surface area contributed by atoms with E-state index in [-0.39, 0.29) is 0 Å². The minimum atomic E-state index is 1.09. The van der Waals surface area contributed by atoms with E-state index in [2.05, 4.69) is 39.2 Å². The van der Waals surface area contributed by atoms with Crippen molar-refractivity contribution in [3.8, 4) is 0 Å². The molecule has 0 aliphatic carbocycles. The molecule has 0 bridgehead atoms. The van der Waals surface area contributed by atoms with Crippen LogP contribution in [-0.2, 0) is 0 Å². The van der Waals surface area contributed by atoms with Crippen molar-refractivity contribution in [3.05, 3.63) is 48.6 Å². The number of allylic oxidation sites excluding steroid dienone is 6. The van der Waals surface area contributed by atoms with Gasteiger partial charge in [-0.3, -0.25) is 0 Å². The maximum Gasteiger partial charge on any atom is -0.0288 e. The quantitative estimate of drug-likeness (QED) is 0.349. The molecule has 0 amide bonds. The van der Waals surface area contributed by atoms with Crippen molar-refractivity contribution in [2.24, 2.45) is 0 Å². The van der Waals surface area contributed by atoms with Gasteiger partial charge in [0.25, 0.3) is 0 Å². The highest BCUT2D eigenvalue weighted by Gasteiger charge is 1.90. The summed E-state index contributed by atoms with van der Waals surface area (Å²) in [7, 11) is 0. The molecule has 0 saturated carbocycles. The fraction of sp³-hybridized carbons (Fsp3) is 0.500. The first-order chi connectivity index (χ1) is 7.70. The third-order valence-corrected chi connectivity index (χ3v) is 2.64. The molecule has 0 N–H and O–H groups in total. The van der Waals surface area contributed by atoms with Crippen molar-refractivity contribution >= 4 is 0 Å². The third-order valence-electron chi connectivity index (χ3n) is 2.64. The van der Waals surface area contributed by atoms with E-state index in [0.29, 0.717) is 0 Å². The number of hydrogen-bond acceptors (Lipinski definition) is 0. The minimum Gasteiger partial charge on any atom is -0.103 e. The van der Waals surface area contributed by atoms with Crippen LogP contribution in [0.1, 0.15) is 52.4 Å². The molecule has 0 rings (SSSR count). The van der Waals surface area contributed by atoms with Crippen LogP contribution in [0, 0.1) is 0 Å². The molecular formula is C16H26. The molecule has 0 aliphatic rings. The number of rotatable bonds is 9. The van der Waals surface area contributed by atoms with Crippen LogP contribution < -0.4 is 0 Å². The Hall–Kier alpha value is -1.04. The Morgan fingerprint density at radius 1 is 0.750 bits per heavy atom. The maximum absolute atomic E-state index is 3.74. The van der Waals surface area contributed by atoms with Gasteiger partial charge in [-0.2, -0.15) is 0 Å². The van der Waals surface area contributed by atoms with Crippen LogP contribution in [0.3, 0.4) is 0 Å². The Morgan fingerprint density at radius 3 is 1.81 bits per heavy atom. The highest BCUT2D eigenvalue weighted by molar-refractivity contribution is 5.04. The smallest absolute Gasteiger partial charge is 0.0288 e. The predicted molar refractivity (Wildman–Crippen MR) is 75.6 cm³/mol. The molecule has 0 fully saturated rings. The lowest BCUT2D eigenvalue weighted by molar-refractivity contribution is 0.911. The van der Waals surface area contributed by atoms with Crippen molar-refractivity contribution < 1.29 is 0 Å². The Bertz CT molecular complexity index is 253. The summed E-state index contributed by atoms with van der Waals surface area (Å²) in [5, 5.41) is 0. The van der Waals surface area contributed by atoms with E-state index in [9.17, 15) is 0 Å². The van der Waals surface area contributed by atoms with Crippen LogP contribution in [-0.4, -0.2) is 0 Å². The van der Waals surface area contributed by atoms with Gasteiger partial charge in [0.1, 0.15) is 0 Å². The van der Waals surface area contributed by atoms with Crippen molar-refractivity contribution in [1.29, 1.82) is 0 Å². The lowest BCUT2D eigenvalue weighted by Gasteiger charge is -2.00. The van der Waals surface area contributed by atoms with Gasteiger partial charge in [0.15, 0.2) is 0 Å². The van der Waals surface area contributed by atoms with Crippen molar-refractivity contribution in [1.82, 2.24) is 0 Å². The molecule has 0 aromatic carbocycles. The van der Waals surface area contributed by atoms with Crippen molar-refractivity contribution in [3.63, 3.8) is 0 Å². The molecule has 0 nitrogen and oxygen atoms in total. The van der Waals surface area contributed by atoms with Crippen LogP contribution in [0.15, 0.2) is 48.6 Å². The second-order valence-corrected chi connectivity index (χ2v) is 4.33. The molecule has 0 aromatic rings. The highest BCUT2D eigenvalue weighted by atomic mass is 14.0. The largest absolute Gasteiger partial charge is 0.103 e. The number of hydrogen-bond donors (Lipinski definition) is 0. The van der Waals surface area contributed by atoms with Crippen LogP contribution >= 0.6 is 0 Å². The average molecular weight is 218 g/mol. The fourth-order valence-electron chi connectivity index (χ4n) is 1.53. The van der Waals surface area contributed by atoms with Gasteiger partial charge in [-0.1, -0.05) is 35.5 Å². The minimum absolute atomic E-state index is 1.09. The standard InChI is InChI=1S/C16H26/c1-5-7-9-12-16(4)14-10-13-15(3)11-8-6-2/h5-6,12-13H,1-2,7-11,14H2,3-4H3. The van der Waals surface area contributed by atoms with Crippen LogP contribution in [0.4, 0.5) is 0 Å². The first-order valence-corrected chi connectivity index (χ1v) is 6.23. The summed E-state index contributed by atoms with van der Waals surface area (Å²) >= 11 is 0. The summed E-state index contributed by atoms with van der Waals surface area (Å²) in [4.78, 5) is 0. The molecule has 0 atom stereocenters. The van der Waals surface area contributed by atoms with Crippen LogP contribution in [0.5, 0.6) is 0 Å². The molecule has 0 spiro atoms. The zero-order valence-corrected chi connectivity index (χ0v) is 11.0. The van der Waals surface area contributed by atoms with E-state index in [1.54, 1.807) is 0 Å². The third kappa shape index (κ3) is 9.51. The summed E-state index contributed by atoms with van der Waals surface area (Å²) in [5.41, 5.74) is 2.98. The Morgan fingerprint density at radius 2 is 1.25 bits per heavy atom. The zero-order chi connectivity index (χ0) is 12.2. The molecule has 0 aromatic heterocycles. The van der Waals surface area contributed by atoms with Crippen molar-refractivity contribution in [2.45, 2.75) is 52.4 Å². The molecule has 0 unspecified atom stereocenters. The fourth-order valence-corrected chi connectivity index (χ4v) is 1.53. The molecule has 0 saturated heterocycles. The predicted octanol–water partition coefficient (Wildman–Crippen LogP) is 5.59. The number of unbranched alkanes of at least 4 members (excludes halogenated alkanes) is 1. The molecule has 16 heavy (non-hydrogen) atoms. The van der Waals surface area contributed by atoms with Gasteiger partial charge >= 0.3 is 0 Å². The molecule has 0 heteroatoms. The molecule has 0 aliphatic heterocycles. The normalized spacial score (nSPS) is 12.6. The summed E-state index contributed by atoms with van der Waals surface area (Å²) in [6.45, 7) is 11.9. The second kappa shape index (κ2) is 10.5. The topological polar surface area (TPSA) is 0 Å². The average Bonchev–Trinajstić information content (AvgIpc) is 2.26. The summed E-state index contributed by atoms with van der Waals surface area (Å²) in [5.74, 6) is 0. The lowest BCUT2D eigenvalue weighted by atomic mass is 10.1. The first kappa shape index (κ1) is 15.0. The van der Waals surface area contributed by atoms with Crippen LogP contribution in [0.2, 0.25) is 0 Å². The van der Waals surface area contributed by atoms with Gasteiger partial charge in [-0.05, 0) is 52.4 Å². The molecule has 90 valence electrons. The zero-order valence-electron chi connectivity index (χ0n) is 11.0. The first-order valence-electron chi connectivity index (χ1n) is 6.23. The monoisotopic (exact) mass is 218 g/mol. The van der Waals surface area contributed by atoms with Gasteiger partial charge in [-0.15, -0.1) is 13.2 Å². The molecule has 0 radical (unpaired) electrons. The van der Waals surface area contributed by atoms with Crippen LogP contribution in [0.25, 0.3) is 0 Å². The Kier molecular flexibility index (Phi) is 9.80. The van der Waals surface area contributed by atoms with E-state index in [1.165, 1.54) is 24.0 Å². The summed E-state index contributed by atoms with van der Waals surface area (Å²) < 4.78 is 0. The van der Waals surface area contributed by atoms with E-state index in [4.69, 9.17) is 0 Å². The maximum atomic E-state index is 3.74. The van der Waals surface area contributed by atoms with Crippen molar-refractivity contribution in [2.75, 3.05) is 0 Å². The van der Waals surface area contributed by atoms with E-state index in [1.807, 2.05) is 12.2 Å². The molecular weight excluding hydrogens is 192 g/mol. The molecule has 0 heterocycles. The van der Waals surface area contributed by atoms with Gasteiger partial charge < -0.3 is 0 Å². The SMILES string of the molecule is C=CCCC=C(C)CCC=C(C)CCC=C. The second-order valence-electron chi connectivity index (χ2n) is 4.33. The van der Waals surface area contributed by atoms with E-state index < -0.39 is 0 Å². The van der Waals surface area contributed by atoms with Gasteiger partial charge in [0.2, 0.25) is 0 Å². The summed E-state index contributed by atoms with van der Waals surface area (Å²) in [6.07, 6.45) is 15.5. The highest BCUT2D eigenvalue weighted by Crippen LogP contribution is 2.11.